The van der Waals surface area contributed by atoms with Crippen molar-refractivity contribution in [1.82, 2.24) is 9.88 Å². The number of pyridine rings is 1. The van der Waals surface area contributed by atoms with Crippen LogP contribution < -0.4 is 10.2 Å². The number of piperazine rings is 1. The first kappa shape index (κ1) is 12.2. The largest absolute Gasteiger partial charge is 0.370 e. The molecule has 0 bridgehead atoms. The predicted octanol–water partition coefficient (Wildman–Crippen LogP) is 1.66. The van der Waals surface area contributed by atoms with Crippen molar-refractivity contribution >= 4 is 11.5 Å². The molecule has 0 aliphatic carbocycles. The molecule has 0 amide bonds. The summed E-state index contributed by atoms with van der Waals surface area (Å²) < 4.78 is 0. The van der Waals surface area contributed by atoms with Gasteiger partial charge in [-0.05, 0) is 19.5 Å². The van der Waals surface area contributed by atoms with Gasteiger partial charge in [-0.1, -0.05) is 6.92 Å². The maximum absolute atomic E-state index is 4.34. The van der Waals surface area contributed by atoms with E-state index in [-0.39, 0.29) is 0 Å². The molecule has 1 aliphatic rings. The van der Waals surface area contributed by atoms with Crippen LogP contribution in [0.1, 0.15) is 13.3 Å². The molecule has 0 radical (unpaired) electrons. The molecule has 1 aromatic heterocycles. The SMILES string of the molecule is CCCNc1cc(N2CCN(C)CC2)ccn1. The Morgan fingerprint density at radius 2 is 2.06 bits per heavy atom. The van der Waals surface area contributed by atoms with Gasteiger partial charge in [0.1, 0.15) is 5.82 Å². The molecule has 1 N–H and O–H groups in total. The van der Waals surface area contributed by atoms with Gasteiger partial charge < -0.3 is 15.1 Å². The van der Waals surface area contributed by atoms with Crippen LogP contribution in [0.3, 0.4) is 0 Å². The van der Waals surface area contributed by atoms with Crippen molar-refractivity contribution in [2.45, 2.75) is 13.3 Å². The summed E-state index contributed by atoms with van der Waals surface area (Å²) in [6, 6.07) is 4.25. The van der Waals surface area contributed by atoms with Crippen LogP contribution in [0.4, 0.5) is 11.5 Å². The van der Waals surface area contributed by atoms with E-state index in [0.29, 0.717) is 0 Å². The number of nitrogens with zero attached hydrogens (tertiary/aromatic N) is 3. The topological polar surface area (TPSA) is 31.4 Å². The molecule has 2 heterocycles. The number of nitrogens with one attached hydrogen (secondary N) is 1. The summed E-state index contributed by atoms with van der Waals surface area (Å²) >= 11 is 0. The van der Waals surface area contributed by atoms with Crippen LogP contribution in [0.2, 0.25) is 0 Å². The van der Waals surface area contributed by atoms with Crippen molar-refractivity contribution in [3.05, 3.63) is 18.3 Å². The van der Waals surface area contributed by atoms with Gasteiger partial charge >= 0.3 is 0 Å². The fourth-order valence-corrected chi connectivity index (χ4v) is 2.03. The Bertz CT molecular complexity index is 345. The molecule has 94 valence electrons. The lowest BCUT2D eigenvalue weighted by molar-refractivity contribution is 0.313. The highest BCUT2D eigenvalue weighted by molar-refractivity contribution is 5.54. The van der Waals surface area contributed by atoms with Gasteiger partial charge in [0.2, 0.25) is 0 Å². The Hall–Kier alpha value is -1.29. The second kappa shape index (κ2) is 5.87. The van der Waals surface area contributed by atoms with E-state index in [1.807, 2.05) is 6.20 Å². The monoisotopic (exact) mass is 234 g/mol. The van der Waals surface area contributed by atoms with E-state index in [4.69, 9.17) is 0 Å². The molecule has 0 spiro atoms. The molecule has 4 nitrogen and oxygen atoms in total. The molecule has 4 heteroatoms. The Kier molecular flexibility index (Phi) is 4.20. The molecule has 0 atom stereocenters. The molecule has 1 fully saturated rings. The molecule has 0 aromatic carbocycles. The Labute approximate surface area is 104 Å². The van der Waals surface area contributed by atoms with Crippen LogP contribution in [-0.4, -0.2) is 49.7 Å². The first-order chi connectivity index (χ1) is 8.29. The lowest BCUT2D eigenvalue weighted by atomic mass is 10.2. The minimum atomic E-state index is 0.985. The average Bonchev–Trinajstić information content (AvgIpc) is 2.37. The standard InChI is InChI=1S/C13H22N4/c1-3-5-14-13-11-12(4-6-15-13)17-9-7-16(2)8-10-17/h4,6,11H,3,5,7-10H2,1-2H3,(H,14,15). The van der Waals surface area contributed by atoms with Crippen molar-refractivity contribution in [1.29, 1.82) is 0 Å². The van der Waals surface area contributed by atoms with Crippen LogP contribution in [0.15, 0.2) is 18.3 Å². The fourth-order valence-electron chi connectivity index (χ4n) is 2.03. The predicted molar refractivity (Wildman–Crippen MR) is 72.7 cm³/mol. The highest BCUT2D eigenvalue weighted by Crippen LogP contribution is 2.18. The lowest BCUT2D eigenvalue weighted by Gasteiger charge is -2.34. The second-order valence-corrected chi connectivity index (χ2v) is 4.62. The number of aromatic nitrogens is 1. The zero-order chi connectivity index (χ0) is 12.1. The summed E-state index contributed by atoms with van der Waals surface area (Å²) in [6.07, 6.45) is 3.02. The smallest absolute Gasteiger partial charge is 0.127 e. The van der Waals surface area contributed by atoms with Crippen molar-refractivity contribution in [3.8, 4) is 0 Å². The van der Waals surface area contributed by atoms with Gasteiger partial charge in [-0.3, -0.25) is 0 Å². The summed E-state index contributed by atoms with van der Waals surface area (Å²) in [4.78, 5) is 9.14. The van der Waals surface area contributed by atoms with E-state index in [2.05, 4.69) is 46.2 Å². The first-order valence-electron chi connectivity index (χ1n) is 6.43. The van der Waals surface area contributed by atoms with Crippen LogP contribution >= 0.6 is 0 Å². The highest BCUT2D eigenvalue weighted by Gasteiger charge is 2.14. The van der Waals surface area contributed by atoms with Gasteiger partial charge in [0.15, 0.2) is 0 Å². The number of anilines is 2. The summed E-state index contributed by atoms with van der Waals surface area (Å²) in [5, 5.41) is 3.33. The zero-order valence-electron chi connectivity index (χ0n) is 10.8. The number of likely N-dealkylation sites (N-methyl/N-ethyl adjacent to an activating group) is 1. The van der Waals surface area contributed by atoms with Crippen LogP contribution in [0.25, 0.3) is 0 Å². The second-order valence-electron chi connectivity index (χ2n) is 4.62. The van der Waals surface area contributed by atoms with E-state index >= 15 is 0 Å². The molecular weight excluding hydrogens is 212 g/mol. The van der Waals surface area contributed by atoms with Gasteiger partial charge in [-0.25, -0.2) is 4.98 Å². The van der Waals surface area contributed by atoms with Crippen LogP contribution in [0, 0.1) is 0 Å². The van der Waals surface area contributed by atoms with Crippen molar-refractivity contribution < 1.29 is 0 Å². The van der Waals surface area contributed by atoms with Crippen LogP contribution in [-0.2, 0) is 0 Å². The molecule has 1 aromatic rings. The minimum absolute atomic E-state index is 0.985. The number of hydrogen-bond acceptors (Lipinski definition) is 4. The fraction of sp³-hybridized carbons (Fsp3) is 0.615. The maximum atomic E-state index is 4.34. The molecular formula is C13H22N4. The third kappa shape index (κ3) is 3.33. The van der Waals surface area contributed by atoms with Gasteiger partial charge in [-0.15, -0.1) is 0 Å². The van der Waals surface area contributed by atoms with Crippen molar-refractivity contribution in [2.24, 2.45) is 0 Å². The minimum Gasteiger partial charge on any atom is -0.370 e. The van der Waals surface area contributed by atoms with Gasteiger partial charge in [0.05, 0.1) is 0 Å². The molecule has 17 heavy (non-hydrogen) atoms. The summed E-state index contributed by atoms with van der Waals surface area (Å²) in [6.45, 7) is 7.64. The van der Waals surface area contributed by atoms with E-state index in [1.54, 1.807) is 0 Å². The summed E-state index contributed by atoms with van der Waals surface area (Å²) in [5.74, 6) is 0.989. The van der Waals surface area contributed by atoms with Crippen LogP contribution in [0.5, 0.6) is 0 Å². The third-order valence-corrected chi connectivity index (χ3v) is 3.17. The molecule has 0 saturated carbocycles. The highest BCUT2D eigenvalue weighted by atomic mass is 15.2. The van der Waals surface area contributed by atoms with E-state index in [0.717, 1.165) is 45.0 Å². The molecule has 1 aliphatic heterocycles. The molecule has 2 rings (SSSR count). The number of hydrogen-bond donors (Lipinski definition) is 1. The average molecular weight is 234 g/mol. The van der Waals surface area contributed by atoms with E-state index < -0.39 is 0 Å². The maximum Gasteiger partial charge on any atom is 0.127 e. The van der Waals surface area contributed by atoms with E-state index in [1.165, 1.54) is 5.69 Å². The Morgan fingerprint density at radius 1 is 1.29 bits per heavy atom. The quantitative estimate of drug-likeness (QED) is 0.858. The van der Waals surface area contributed by atoms with Gasteiger partial charge in [0.25, 0.3) is 0 Å². The molecule has 0 unspecified atom stereocenters. The third-order valence-electron chi connectivity index (χ3n) is 3.17. The summed E-state index contributed by atoms with van der Waals surface area (Å²) in [5.41, 5.74) is 1.28. The van der Waals surface area contributed by atoms with Crippen molar-refractivity contribution in [3.63, 3.8) is 0 Å². The van der Waals surface area contributed by atoms with Gasteiger partial charge in [0, 0.05) is 50.7 Å². The van der Waals surface area contributed by atoms with E-state index in [9.17, 15) is 0 Å². The van der Waals surface area contributed by atoms with Gasteiger partial charge in [-0.2, -0.15) is 0 Å². The lowest BCUT2D eigenvalue weighted by Crippen LogP contribution is -2.44. The summed E-state index contributed by atoms with van der Waals surface area (Å²) in [7, 11) is 2.18. The van der Waals surface area contributed by atoms with Crippen molar-refractivity contribution in [2.75, 3.05) is 50.0 Å². The normalized spacial score (nSPS) is 17.2. The molecule has 1 saturated heterocycles. The Morgan fingerprint density at radius 3 is 2.76 bits per heavy atom. The number of rotatable bonds is 4. The Balaban J connectivity index is 2.00. The first-order valence-corrected chi connectivity index (χ1v) is 6.43. The zero-order valence-corrected chi connectivity index (χ0v) is 10.8.